The third kappa shape index (κ3) is 4.84. The highest BCUT2D eigenvalue weighted by Crippen LogP contribution is 2.48. The van der Waals surface area contributed by atoms with Crippen molar-refractivity contribution in [2.24, 2.45) is 5.92 Å². The van der Waals surface area contributed by atoms with E-state index in [0.29, 0.717) is 23.8 Å². The van der Waals surface area contributed by atoms with Crippen molar-refractivity contribution >= 4 is 9.84 Å². The number of fused-ring (bicyclic) bond motifs is 1. The molecule has 2 saturated heterocycles. The molecule has 2 aromatic rings. The molecular weight excluding hydrogens is 458 g/mol. The van der Waals surface area contributed by atoms with Crippen molar-refractivity contribution in [2.45, 2.75) is 49.3 Å². The van der Waals surface area contributed by atoms with Crippen molar-refractivity contribution in [3.63, 3.8) is 0 Å². The lowest BCUT2D eigenvalue weighted by Gasteiger charge is -2.51. The summed E-state index contributed by atoms with van der Waals surface area (Å²) in [6.45, 7) is 4.43. The highest BCUT2D eigenvalue weighted by atomic mass is 32.2. The molecule has 0 aromatic heterocycles. The lowest BCUT2D eigenvalue weighted by molar-refractivity contribution is 0.0915. The fraction of sp³-hybridized carbons (Fsp3) is 0.536. The van der Waals surface area contributed by atoms with Gasteiger partial charge in [0.15, 0.2) is 9.84 Å². The van der Waals surface area contributed by atoms with Crippen molar-refractivity contribution in [1.29, 1.82) is 5.26 Å². The first-order chi connectivity index (χ1) is 17.0. The van der Waals surface area contributed by atoms with Crippen LogP contribution in [0.4, 0.5) is 0 Å². The first kappa shape index (κ1) is 24.3. The number of likely N-dealkylation sites (tertiary alicyclic amines) is 1. The van der Waals surface area contributed by atoms with Gasteiger partial charge >= 0.3 is 0 Å². The predicted octanol–water partition coefficient (Wildman–Crippen LogP) is 3.66. The summed E-state index contributed by atoms with van der Waals surface area (Å²) < 4.78 is 32.3. The maximum absolute atomic E-state index is 13.2. The van der Waals surface area contributed by atoms with Gasteiger partial charge in [0.25, 0.3) is 0 Å². The van der Waals surface area contributed by atoms with Crippen molar-refractivity contribution < 1.29 is 13.2 Å². The van der Waals surface area contributed by atoms with Gasteiger partial charge < -0.3 is 15.0 Å². The van der Waals surface area contributed by atoms with E-state index in [2.05, 4.69) is 40.6 Å². The van der Waals surface area contributed by atoms with Crippen molar-refractivity contribution in [1.82, 2.24) is 10.2 Å². The maximum atomic E-state index is 13.2. The zero-order valence-corrected chi connectivity index (χ0v) is 21.1. The van der Waals surface area contributed by atoms with E-state index < -0.39 is 15.4 Å². The van der Waals surface area contributed by atoms with E-state index in [4.69, 9.17) is 10.00 Å². The molecule has 6 nitrogen and oxygen atoms in total. The van der Waals surface area contributed by atoms with Crippen LogP contribution in [0.5, 0.6) is 5.75 Å². The summed E-state index contributed by atoms with van der Waals surface area (Å²) >= 11 is 0. The number of nitrogens with zero attached hydrogens (tertiary/aromatic N) is 2. The number of benzene rings is 2. The van der Waals surface area contributed by atoms with Crippen LogP contribution in [0.15, 0.2) is 48.5 Å². The molecule has 0 amide bonds. The van der Waals surface area contributed by atoms with Crippen LogP contribution in [-0.2, 0) is 21.8 Å². The number of hydrogen-bond acceptors (Lipinski definition) is 6. The van der Waals surface area contributed by atoms with Crippen LogP contribution in [-0.4, -0.2) is 57.1 Å². The molecule has 186 valence electrons. The predicted molar refractivity (Wildman–Crippen MR) is 137 cm³/mol. The summed E-state index contributed by atoms with van der Waals surface area (Å²) in [6, 6.07) is 17.9. The molecule has 5 rings (SSSR count). The molecule has 0 radical (unpaired) electrons. The molecule has 2 fully saturated rings. The molecule has 3 heterocycles. The van der Waals surface area contributed by atoms with E-state index >= 15 is 0 Å². The number of ether oxygens (including phenoxy) is 1. The topological polar surface area (TPSA) is 82.4 Å². The fourth-order valence-corrected chi connectivity index (χ4v) is 8.92. The van der Waals surface area contributed by atoms with Crippen LogP contribution in [0.1, 0.15) is 48.8 Å². The van der Waals surface area contributed by atoms with Gasteiger partial charge in [-0.25, -0.2) is 8.42 Å². The quantitative estimate of drug-likeness (QED) is 0.593. The van der Waals surface area contributed by atoms with Crippen LogP contribution in [0, 0.1) is 17.2 Å². The molecule has 0 spiro atoms. The van der Waals surface area contributed by atoms with E-state index in [0.717, 1.165) is 70.5 Å². The van der Waals surface area contributed by atoms with Gasteiger partial charge in [-0.15, -0.1) is 0 Å². The fourth-order valence-electron chi connectivity index (χ4n) is 6.57. The van der Waals surface area contributed by atoms with Crippen LogP contribution in [0.2, 0.25) is 0 Å². The van der Waals surface area contributed by atoms with E-state index in [9.17, 15) is 8.42 Å². The molecular formula is C28H35N3O3S. The maximum Gasteiger partial charge on any atom is 0.155 e. The lowest BCUT2D eigenvalue weighted by atomic mass is 9.67. The van der Waals surface area contributed by atoms with Crippen molar-refractivity contribution in [2.75, 3.05) is 38.5 Å². The van der Waals surface area contributed by atoms with E-state index in [1.807, 2.05) is 12.1 Å². The molecule has 1 N–H and O–H groups in total. The lowest BCUT2D eigenvalue weighted by Crippen LogP contribution is -2.62. The highest BCUT2D eigenvalue weighted by molar-refractivity contribution is 7.92. The van der Waals surface area contributed by atoms with Gasteiger partial charge in [0.05, 0.1) is 34.8 Å². The van der Waals surface area contributed by atoms with E-state index in [1.165, 1.54) is 11.1 Å². The molecule has 2 aromatic carbocycles. The van der Waals surface area contributed by atoms with Gasteiger partial charge in [0, 0.05) is 13.1 Å². The summed E-state index contributed by atoms with van der Waals surface area (Å²) in [5, 5.41) is 12.4. The number of piperidine rings is 1. The monoisotopic (exact) mass is 493 g/mol. The second kappa shape index (κ2) is 10.3. The first-order valence-electron chi connectivity index (χ1n) is 12.9. The number of rotatable bonds is 7. The van der Waals surface area contributed by atoms with E-state index in [1.54, 1.807) is 12.1 Å². The summed E-state index contributed by atoms with van der Waals surface area (Å²) in [5.41, 5.74) is 2.72. The second-order valence-corrected chi connectivity index (χ2v) is 12.5. The Kier molecular flexibility index (Phi) is 7.15. The molecule has 0 saturated carbocycles. The summed E-state index contributed by atoms with van der Waals surface area (Å²) in [7, 11) is -3.11. The van der Waals surface area contributed by atoms with Crippen LogP contribution in [0.3, 0.4) is 0 Å². The molecule has 2 atom stereocenters. The molecule has 0 bridgehead atoms. The third-order valence-electron chi connectivity index (χ3n) is 8.21. The number of nitrogens with one attached hydrogen (secondary N) is 1. The Morgan fingerprint density at radius 1 is 1.09 bits per heavy atom. The van der Waals surface area contributed by atoms with Gasteiger partial charge in [0.2, 0.25) is 0 Å². The smallest absolute Gasteiger partial charge is 0.155 e. The molecule has 35 heavy (non-hydrogen) atoms. The average molecular weight is 494 g/mol. The Hall–Kier alpha value is -2.40. The Balaban J connectivity index is 1.23. The standard InChI is InChI=1S/C28H35N3O3S/c29-21-22-8-10-25(11-9-22)34-19-4-16-31-17-13-24(14-18-31)28(27-7-3-20-35(27,32)33)26-6-2-1-5-23(26)12-15-30-28/h1-2,5-6,8-11,24,27,30H,3-4,7,12-20H2. The number of nitriles is 1. The van der Waals surface area contributed by atoms with Gasteiger partial charge in [0.1, 0.15) is 5.75 Å². The van der Waals surface area contributed by atoms with Gasteiger partial charge in [-0.1, -0.05) is 24.3 Å². The van der Waals surface area contributed by atoms with Gasteiger partial charge in [-0.05, 0) is 92.9 Å². The average Bonchev–Trinajstić information content (AvgIpc) is 3.26. The minimum atomic E-state index is -3.11. The minimum absolute atomic E-state index is 0.313. The molecule has 3 aliphatic heterocycles. The second-order valence-electron chi connectivity index (χ2n) is 10.2. The Bertz CT molecular complexity index is 1170. The van der Waals surface area contributed by atoms with Crippen molar-refractivity contribution in [3.05, 3.63) is 65.2 Å². The van der Waals surface area contributed by atoms with Crippen LogP contribution >= 0.6 is 0 Å². The third-order valence-corrected chi connectivity index (χ3v) is 10.5. The summed E-state index contributed by atoms with van der Waals surface area (Å²) in [5.74, 6) is 1.43. The van der Waals surface area contributed by atoms with Crippen molar-refractivity contribution in [3.8, 4) is 11.8 Å². The van der Waals surface area contributed by atoms with Crippen LogP contribution in [0.25, 0.3) is 0 Å². The summed E-state index contributed by atoms with van der Waals surface area (Å²) in [6.07, 6.45) is 5.44. The Labute approximate surface area is 209 Å². The van der Waals surface area contributed by atoms with Gasteiger partial charge in [-0.3, -0.25) is 0 Å². The molecule has 7 heteroatoms. The highest BCUT2D eigenvalue weighted by Gasteiger charge is 2.55. The molecule has 3 aliphatic rings. The molecule has 2 unspecified atom stereocenters. The Morgan fingerprint density at radius 2 is 1.86 bits per heavy atom. The van der Waals surface area contributed by atoms with E-state index in [-0.39, 0.29) is 5.25 Å². The summed E-state index contributed by atoms with van der Waals surface area (Å²) in [4.78, 5) is 2.49. The number of sulfone groups is 1. The molecule has 0 aliphatic carbocycles. The first-order valence-corrected chi connectivity index (χ1v) is 14.6. The van der Waals surface area contributed by atoms with Crippen LogP contribution < -0.4 is 10.1 Å². The Morgan fingerprint density at radius 3 is 2.57 bits per heavy atom. The SMILES string of the molecule is N#Cc1ccc(OCCCN2CCC(C3(C4CCCS4(=O)=O)NCCc4ccccc43)CC2)cc1. The normalized spacial score (nSPS) is 26.7. The minimum Gasteiger partial charge on any atom is -0.494 e. The van der Waals surface area contributed by atoms with Gasteiger partial charge in [-0.2, -0.15) is 5.26 Å². The zero-order valence-electron chi connectivity index (χ0n) is 20.3. The zero-order chi connectivity index (χ0) is 24.3. The number of hydrogen-bond donors (Lipinski definition) is 1. The largest absolute Gasteiger partial charge is 0.494 e.